The average molecular weight is 315 g/mol. The number of nitrogens with zero attached hydrogens (tertiary/aromatic N) is 1. The van der Waals surface area contributed by atoms with E-state index in [9.17, 15) is 4.39 Å². The van der Waals surface area contributed by atoms with Crippen LogP contribution < -0.4 is 0 Å². The molecule has 1 heterocycles. The van der Waals surface area contributed by atoms with Crippen molar-refractivity contribution in [3.8, 4) is 0 Å². The van der Waals surface area contributed by atoms with Crippen molar-refractivity contribution in [3.63, 3.8) is 0 Å². The second-order valence-corrected chi connectivity index (χ2v) is 4.36. The van der Waals surface area contributed by atoms with E-state index in [1.807, 2.05) is 34.0 Å². The zero-order valence-electron chi connectivity index (χ0n) is 8.59. The molecule has 0 saturated carbocycles. The zero-order valence-corrected chi connectivity index (χ0v) is 10.7. The molecule has 0 spiro atoms. The first-order valence-electron chi connectivity index (χ1n) is 4.75. The van der Waals surface area contributed by atoms with E-state index in [2.05, 4.69) is 22.9 Å². The lowest BCUT2D eigenvalue weighted by Crippen LogP contribution is -1.84. The summed E-state index contributed by atoms with van der Waals surface area (Å²) >= 11 is 2.20. The van der Waals surface area contributed by atoms with E-state index in [0.29, 0.717) is 5.56 Å². The largest absolute Gasteiger partial charge is 0.286 e. The molecule has 0 unspecified atom stereocenters. The van der Waals surface area contributed by atoms with Crippen molar-refractivity contribution >= 4 is 39.6 Å². The minimum absolute atomic E-state index is 0.154. The first-order chi connectivity index (χ1) is 7.16. The van der Waals surface area contributed by atoms with Crippen LogP contribution in [0, 0.1) is 6.92 Å². The Morgan fingerprint density at radius 3 is 2.73 bits per heavy atom. The third-order valence-electron chi connectivity index (χ3n) is 2.53. The van der Waals surface area contributed by atoms with Crippen molar-refractivity contribution < 1.29 is 4.39 Å². The fourth-order valence-corrected chi connectivity index (χ4v) is 2.44. The molecule has 2 aromatic rings. The van der Waals surface area contributed by atoms with Crippen molar-refractivity contribution in [1.82, 2.24) is 2.78 Å². The van der Waals surface area contributed by atoms with Crippen molar-refractivity contribution in [2.24, 2.45) is 0 Å². The van der Waals surface area contributed by atoms with Crippen LogP contribution in [0.4, 0.5) is 4.39 Å². The molecule has 0 fully saturated rings. The van der Waals surface area contributed by atoms with Gasteiger partial charge in [0, 0.05) is 16.6 Å². The van der Waals surface area contributed by atoms with Crippen molar-refractivity contribution in [1.29, 1.82) is 0 Å². The van der Waals surface area contributed by atoms with Gasteiger partial charge in [-0.05, 0) is 19.9 Å². The Morgan fingerprint density at radius 1 is 1.40 bits per heavy atom. The van der Waals surface area contributed by atoms with Gasteiger partial charge in [-0.25, -0.2) is 4.39 Å². The summed E-state index contributed by atoms with van der Waals surface area (Å²) in [4.78, 5) is 0. The lowest BCUT2D eigenvalue weighted by Gasteiger charge is -1.97. The smallest absolute Gasteiger partial charge is 0.128 e. The van der Waals surface area contributed by atoms with Crippen LogP contribution in [-0.2, 0) is 0 Å². The van der Waals surface area contributed by atoms with Gasteiger partial charge in [-0.2, -0.15) is 0 Å². The summed E-state index contributed by atoms with van der Waals surface area (Å²) in [5.41, 5.74) is 2.72. The van der Waals surface area contributed by atoms with Crippen LogP contribution in [0.5, 0.6) is 0 Å². The molecule has 0 atom stereocenters. The first kappa shape index (κ1) is 10.7. The lowest BCUT2D eigenvalue weighted by atomic mass is 10.1. The van der Waals surface area contributed by atoms with Crippen LogP contribution in [0.3, 0.4) is 0 Å². The molecule has 0 N–H and O–H groups in total. The van der Waals surface area contributed by atoms with Crippen LogP contribution in [0.2, 0.25) is 0 Å². The number of hydrogen-bond donors (Lipinski definition) is 0. The van der Waals surface area contributed by atoms with Gasteiger partial charge in [-0.3, -0.25) is 2.78 Å². The molecule has 1 nitrogen and oxygen atoms in total. The molecule has 0 amide bonds. The summed E-state index contributed by atoms with van der Waals surface area (Å²) in [5, 5.41) is 0.972. The Labute approximate surface area is 102 Å². The molecule has 15 heavy (non-hydrogen) atoms. The quantitative estimate of drug-likeness (QED) is 0.684. The molecule has 0 aliphatic carbocycles. The van der Waals surface area contributed by atoms with Gasteiger partial charge in [0.25, 0.3) is 0 Å². The predicted molar refractivity (Wildman–Crippen MR) is 70.9 cm³/mol. The molecule has 0 bridgehead atoms. The highest BCUT2D eigenvalue weighted by atomic mass is 127. The fraction of sp³-hybridized carbons (Fsp3) is 0.167. The third kappa shape index (κ3) is 1.58. The molecule has 3 heteroatoms. The highest BCUT2D eigenvalue weighted by molar-refractivity contribution is 14.1. The van der Waals surface area contributed by atoms with Gasteiger partial charge in [0.15, 0.2) is 0 Å². The van der Waals surface area contributed by atoms with Gasteiger partial charge in [-0.1, -0.05) is 24.3 Å². The molecular formula is C12H11FIN. The molecule has 1 aromatic heterocycles. The summed E-state index contributed by atoms with van der Waals surface area (Å²) in [7, 11) is 0. The number of fused-ring (bicyclic) bond motifs is 1. The van der Waals surface area contributed by atoms with Crippen LogP contribution in [-0.4, -0.2) is 2.78 Å². The van der Waals surface area contributed by atoms with Crippen LogP contribution in [0.15, 0.2) is 30.3 Å². The predicted octanol–water partition coefficient (Wildman–Crippen LogP) is 4.48. The highest BCUT2D eigenvalue weighted by Crippen LogP contribution is 2.33. The topological polar surface area (TPSA) is 4.93 Å². The zero-order chi connectivity index (χ0) is 11.0. The Balaban J connectivity index is 2.90. The monoisotopic (exact) mass is 315 g/mol. The molecule has 78 valence electrons. The molecule has 0 radical (unpaired) electrons. The molecule has 0 aliphatic heterocycles. The first-order valence-corrected chi connectivity index (χ1v) is 5.71. The van der Waals surface area contributed by atoms with E-state index >= 15 is 0 Å². The number of allylic oxidation sites excluding steroid dienone is 1. The van der Waals surface area contributed by atoms with Gasteiger partial charge in [0.1, 0.15) is 5.83 Å². The number of hydrogen-bond acceptors (Lipinski definition) is 0. The highest BCUT2D eigenvalue weighted by Gasteiger charge is 2.14. The normalized spacial score (nSPS) is 12.4. The summed E-state index contributed by atoms with van der Waals surface area (Å²) in [6, 6.07) is 7.86. The molecule has 2 rings (SSSR count). The number of benzene rings is 1. The van der Waals surface area contributed by atoms with Gasteiger partial charge in [-0.15, -0.1) is 0 Å². The van der Waals surface area contributed by atoms with Gasteiger partial charge >= 0.3 is 0 Å². The lowest BCUT2D eigenvalue weighted by molar-refractivity contribution is 0.758. The number of aromatic nitrogens is 1. The Kier molecular flexibility index (Phi) is 2.82. The van der Waals surface area contributed by atoms with Crippen molar-refractivity contribution in [2.45, 2.75) is 13.8 Å². The van der Waals surface area contributed by atoms with E-state index in [4.69, 9.17) is 0 Å². The number of halogens is 2. The summed E-state index contributed by atoms with van der Waals surface area (Å²) in [6.07, 6.45) is 1.51. The average Bonchev–Trinajstić information content (AvgIpc) is 2.52. The minimum Gasteiger partial charge on any atom is -0.286 e. The van der Waals surface area contributed by atoms with E-state index in [0.717, 1.165) is 16.6 Å². The molecule has 0 aliphatic rings. The van der Waals surface area contributed by atoms with Gasteiger partial charge in [0.05, 0.1) is 28.4 Å². The van der Waals surface area contributed by atoms with Crippen LogP contribution >= 0.6 is 22.9 Å². The van der Waals surface area contributed by atoms with Gasteiger partial charge in [0.2, 0.25) is 0 Å². The second-order valence-electron chi connectivity index (χ2n) is 3.40. The van der Waals surface area contributed by atoms with Gasteiger partial charge < -0.3 is 0 Å². The van der Waals surface area contributed by atoms with Crippen LogP contribution in [0.25, 0.3) is 16.7 Å². The summed E-state index contributed by atoms with van der Waals surface area (Å²) < 4.78 is 15.7. The summed E-state index contributed by atoms with van der Waals surface area (Å²) in [5.74, 6) is -0.154. The minimum atomic E-state index is -0.154. The number of rotatable bonds is 1. The summed E-state index contributed by atoms with van der Waals surface area (Å²) in [6.45, 7) is 3.65. The van der Waals surface area contributed by atoms with E-state index in [1.54, 1.807) is 6.92 Å². The SMILES string of the molecule is C/C=C(/F)c1c(C)n(I)c2ccccc12. The standard InChI is InChI=1S/C12H11FIN/c1-3-10(13)12-8(2)15(14)11-7-5-4-6-9(11)12/h3-7H,1-2H3/b10-3+. The molecular weight excluding hydrogens is 304 g/mol. The maximum absolute atomic E-state index is 13.7. The Morgan fingerprint density at radius 2 is 2.07 bits per heavy atom. The second kappa shape index (κ2) is 3.96. The Bertz CT molecular complexity index is 540. The molecule has 1 aromatic carbocycles. The third-order valence-corrected chi connectivity index (χ3v) is 3.78. The van der Waals surface area contributed by atoms with Crippen LogP contribution in [0.1, 0.15) is 18.2 Å². The van der Waals surface area contributed by atoms with E-state index < -0.39 is 0 Å². The van der Waals surface area contributed by atoms with Crippen molar-refractivity contribution in [2.75, 3.05) is 0 Å². The molecule has 0 saturated heterocycles. The number of para-hydroxylation sites is 1. The fourth-order valence-electron chi connectivity index (χ4n) is 1.78. The van der Waals surface area contributed by atoms with E-state index in [1.165, 1.54) is 6.08 Å². The maximum Gasteiger partial charge on any atom is 0.128 e. The maximum atomic E-state index is 13.7. The van der Waals surface area contributed by atoms with E-state index in [-0.39, 0.29) is 5.83 Å². The van der Waals surface area contributed by atoms with Crippen molar-refractivity contribution in [3.05, 3.63) is 41.6 Å². The Hall–Kier alpha value is -0.840.